The molecular weight excluding hydrogens is 340 g/mol. The first-order chi connectivity index (χ1) is 10.7. The predicted octanol–water partition coefficient (Wildman–Crippen LogP) is 5.11. The van der Waals surface area contributed by atoms with Crippen LogP contribution in [0.4, 0.5) is 0 Å². The van der Waals surface area contributed by atoms with Gasteiger partial charge in [0.2, 0.25) is 0 Å². The smallest absolute Gasteiger partial charge is 0.338 e. The molecule has 0 aromatic heterocycles. The molecule has 2 aromatic carbocycles. The molecule has 0 heterocycles. The number of esters is 1. The van der Waals surface area contributed by atoms with E-state index in [1.165, 1.54) is 0 Å². The van der Waals surface area contributed by atoms with E-state index in [9.17, 15) is 4.79 Å². The third-order valence-electron chi connectivity index (χ3n) is 3.00. The van der Waals surface area contributed by atoms with Gasteiger partial charge in [0.05, 0.1) is 12.2 Å². The average Bonchev–Trinajstić information content (AvgIpc) is 2.54. The number of carbonyl (C=O) groups excluding carboxylic acids is 1. The first kappa shape index (κ1) is 16.2. The van der Waals surface area contributed by atoms with Crippen LogP contribution in [0.25, 0.3) is 11.6 Å². The number of halogens is 1. The van der Waals surface area contributed by atoms with Gasteiger partial charge in [0, 0.05) is 4.47 Å². The minimum absolute atomic E-state index is 0.311. The molecule has 112 valence electrons. The number of hydrogen-bond acceptors (Lipinski definition) is 2. The Hall–Kier alpha value is -2.13. The number of allylic oxidation sites excluding steroid dienone is 2. The zero-order valence-corrected chi connectivity index (χ0v) is 13.9. The highest BCUT2D eigenvalue weighted by molar-refractivity contribution is 9.10. The molecule has 0 aliphatic rings. The summed E-state index contributed by atoms with van der Waals surface area (Å²) in [7, 11) is 0. The lowest BCUT2D eigenvalue weighted by atomic mass is 10.1. The number of carbonyl (C=O) groups is 1. The molecule has 3 heteroatoms. The fourth-order valence-electron chi connectivity index (χ4n) is 1.94. The standard InChI is InChI=1S/C19H17BrO2/c1-2-22-19(21)18(16-8-4-3-5-9-16)10-6-7-15-11-13-17(20)14-12-15/h3-14H,2H2,1H3/b7-6+,18-10+. The molecule has 2 rings (SSSR count). The fourth-order valence-corrected chi connectivity index (χ4v) is 2.20. The van der Waals surface area contributed by atoms with E-state index in [0.29, 0.717) is 12.2 Å². The van der Waals surface area contributed by atoms with Crippen LogP contribution in [0.3, 0.4) is 0 Å². The summed E-state index contributed by atoms with van der Waals surface area (Å²) >= 11 is 3.41. The number of ether oxygens (including phenoxy) is 1. The van der Waals surface area contributed by atoms with Gasteiger partial charge in [-0.25, -0.2) is 4.79 Å². The predicted molar refractivity (Wildman–Crippen MR) is 94.2 cm³/mol. The van der Waals surface area contributed by atoms with Gasteiger partial charge in [-0.3, -0.25) is 0 Å². The van der Waals surface area contributed by atoms with Gasteiger partial charge in [0.25, 0.3) is 0 Å². The van der Waals surface area contributed by atoms with Gasteiger partial charge in [0.15, 0.2) is 0 Å². The average molecular weight is 357 g/mol. The summed E-state index contributed by atoms with van der Waals surface area (Å²) in [6.45, 7) is 2.16. The summed E-state index contributed by atoms with van der Waals surface area (Å²) in [4.78, 5) is 12.1. The Kier molecular flexibility index (Phi) is 6.16. The van der Waals surface area contributed by atoms with E-state index in [1.807, 2.05) is 66.7 Å². The molecule has 0 radical (unpaired) electrons. The van der Waals surface area contributed by atoms with Gasteiger partial charge < -0.3 is 4.74 Å². The van der Waals surface area contributed by atoms with Gasteiger partial charge in [-0.05, 0) is 36.3 Å². The van der Waals surface area contributed by atoms with Crippen LogP contribution in [0.5, 0.6) is 0 Å². The number of rotatable bonds is 5. The third kappa shape index (κ3) is 4.71. The van der Waals surface area contributed by atoms with Crippen molar-refractivity contribution in [1.82, 2.24) is 0 Å². The normalized spacial score (nSPS) is 11.6. The van der Waals surface area contributed by atoms with Crippen LogP contribution in [-0.4, -0.2) is 12.6 Å². The first-order valence-corrected chi connectivity index (χ1v) is 7.86. The topological polar surface area (TPSA) is 26.3 Å². The van der Waals surface area contributed by atoms with Crippen LogP contribution in [-0.2, 0) is 9.53 Å². The maximum absolute atomic E-state index is 12.1. The molecule has 0 bridgehead atoms. The lowest BCUT2D eigenvalue weighted by Gasteiger charge is -2.06. The van der Waals surface area contributed by atoms with Crippen molar-refractivity contribution in [3.05, 3.63) is 82.3 Å². The van der Waals surface area contributed by atoms with Crippen molar-refractivity contribution in [3.8, 4) is 0 Å². The van der Waals surface area contributed by atoms with E-state index in [4.69, 9.17) is 4.74 Å². The lowest BCUT2D eigenvalue weighted by Crippen LogP contribution is -2.06. The molecule has 22 heavy (non-hydrogen) atoms. The Morgan fingerprint density at radius 2 is 1.77 bits per heavy atom. The SMILES string of the molecule is CCOC(=O)/C(=C/C=C/c1ccc(Br)cc1)c1ccccc1. The second kappa shape index (κ2) is 8.35. The number of hydrogen-bond donors (Lipinski definition) is 0. The van der Waals surface area contributed by atoms with Crippen molar-refractivity contribution in [2.75, 3.05) is 6.61 Å². The molecule has 0 saturated heterocycles. The lowest BCUT2D eigenvalue weighted by molar-refractivity contribution is -0.136. The highest BCUT2D eigenvalue weighted by atomic mass is 79.9. The maximum atomic E-state index is 12.1. The van der Waals surface area contributed by atoms with Crippen LogP contribution in [0.1, 0.15) is 18.1 Å². The van der Waals surface area contributed by atoms with Crippen molar-refractivity contribution < 1.29 is 9.53 Å². The van der Waals surface area contributed by atoms with Crippen LogP contribution >= 0.6 is 15.9 Å². The third-order valence-corrected chi connectivity index (χ3v) is 3.53. The Morgan fingerprint density at radius 3 is 2.41 bits per heavy atom. The zero-order valence-electron chi connectivity index (χ0n) is 12.3. The molecule has 0 unspecified atom stereocenters. The summed E-state index contributed by atoms with van der Waals surface area (Å²) in [6.07, 6.45) is 5.60. The van der Waals surface area contributed by atoms with E-state index in [-0.39, 0.29) is 5.97 Å². The van der Waals surface area contributed by atoms with E-state index < -0.39 is 0 Å². The molecule has 0 fully saturated rings. The molecule has 2 nitrogen and oxygen atoms in total. The van der Waals surface area contributed by atoms with Gasteiger partial charge in [0.1, 0.15) is 0 Å². The minimum Gasteiger partial charge on any atom is -0.462 e. The Labute approximate surface area is 139 Å². The van der Waals surface area contributed by atoms with Crippen LogP contribution in [0, 0.1) is 0 Å². The largest absolute Gasteiger partial charge is 0.462 e. The number of benzene rings is 2. The molecule has 0 N–H and O–H groups in total. The van der Waals surface area contributed by atoms with Crippen LogP contribution in [0.2, 0.25) is 0 Å². The second-order valence-electron chi connectivity index (χ2n) is 4.58. The summed E-state index contributed by atoms with van der Waals surface area (Å²) in [5, 5.41) is 0. The Balaban J connectivity index is 2.24. The minimum atomic E-state index is -0.311. The summed E-state index contributed by atoms with van der Waals surface area (Å²) in [6, 6.07) is 17.5. The molecule has 0 spiro atoms. The van der Waals surface area contributed by atoms with E-state index in [0.717, 1.165) is 15.6 Å². The highest BCUT2D eigenvalue weighted by Crippen LogP contribution is 2.17. The molecule has 2 aromatic rings. The van der Waals surface area contributed by atoms with E-state index in [2.05, 4.69) is 15.9 Å². The summed E-state index contributed by atoms with van der Waals surface area (Å²) in [5.74, 6) is -0.311. The van der Waals surface area contributed by atoms with Gasteiger partial charge in [-0.15, -0.1) is 0 Å². The maximum Gasteiger partial charge on any atom is 0.338 e. The fraction of sp³-hybridized carbons (Fsp3) is 0.105. The molecular formula is C19H17BrO2. The highest BCUT2D eigenvalue weighted by Gasteiger charge is 2.11. The van der Waals surface area contributed by atoms with Crippen molar-refractivity contribution in [3.63, 3.8) is 0 Å². The van der Waals surface area contributed by atoms with E-state index >= 15 is 0 Å². The Morgan fingerprint density at radius 1 is 1.09 bits per heavy atom. The van der Waals surface area contributed by atoms with Crippen LogP contribution < -0.4 is 0 Å². The second-order valence-corrected chi connectivity index (χ2v) is 5.49. The first-order valence-electron chi connectivity index (χ1n) is 7.07. The van der Waals surface area contributed by atoms with Gasteiger partial charge in [-0.1, -0.05) is 70.5 Å². The molecule has 0 amide bonds. The van der Waals surface area contributed by atoms with Crippen molar-refractivity contribution in [1.29, 1.82) is 0 Å². The quantitative estimate of drug-likeness (QED) is 0.422. The van der Waals surface area contributed by atoms with Crippen LogP contribution in [0.15, 0.2) is 71.2 Å². The summed E-state index contributed by atoms with van der Waals surface area (Å²) in [5.41, 5.74) is 2.47. The van der Waals surface area contributed by atoms with Gasteiger partial charge in [-0.2, -0.15) is 0 Å². The molecule has 0 aliphatic heterocycles. The molecule has 0 aliphatic carbocycles. The van der Waals surface area contributed by atoms with Gasteiger partial charge >= 0.3 is 5.97 Å². The Bertz CT molecular complexity index is 670. The zero-order chi connectivity index (χ0) is 15.8. The monoisotopic (exact) mass is 356 g/mol. The molecule has 0 atom stereocenters. The van der Waals surface area contributed by atoms with Crippen molar-refractivity contribution in [2.24, 2.45) is 0 Å². The van der Waals surface area contributed by atoms with E-state index in [1.54, 1.807) is 13.0 Å². The van der Waals surface area contributed by atoms with Crippen molar-refractivity contribution in [2.45, 2.75) is 6.92 Å². The molecule has 0 saturated carbocycles. The summed E-state index contributed by atoms with van der Waals surface area (Å²) < 4.78 is 6.17. The van der Waals surface area contributed by atoms with Crippen molar-refractivity contribution >= 4 is 33.5 Å².